The predicted octanol–water partition coefficient (Wildman–Crippen LogP) is 2.25. The van der Waals surface area contributed by atoms with Crippen LogP contribution in [0, 0.1) is 5.41 Å². The molecule has 0 aliphatic carbocycles. The second-order valence-corrected chi connectivity index (χ2v) is 10.5. The van der Waals surface area contributed by atoms with Gasteiger partial charge in [-0.2, -0.15) is 0 Å². The number of thiophene rings is 1. The van der Waals surface area contributed by atoms with Gasteiger partial charge in [0.05, 0.1) is 0 Å². The molecule has 0 aliphatic heterocycles. The van der Waals surface area contributed by atoms with Crippen molar-refractivity contribution in [3.8, 4) is 0 Å². The number of nitrogens with two attached hydrogens (primary N) is 1. The van der Waals surface area contributed by atoms with E-state index in [0.29, 0.717) is 25.8 Å². The minimum Gasteiger partial charge on any atom is -0.355 e. The number of rotatable bonds is 9. The van der Waals surface area contributed by atoms with Crippen molar-refractivity contribution < 1.29 is 13.2 Å². The average molecular weight is 390 g/mol. The summed E-state index contributed by atoms with van der Waals surface area (Å²) >= 11 is 1.22. The van der Waals surface area contributed by atoms with Crippen LogP contribution in [0.1, 0.15) is 52.3 Å². The van der Waals surface area contributed by atoms with Gasteiger partial charge in [0, 0.05) is 28.9 Å². The summed E-state index contributed by atoms with van der Waals surface area (Å²) < 4.78 is 27.7. The summed E-state index contributed by atoms with van der Waals surface area (Å²) in [5.41, 5.74) is 5.20. The molecule has 0 unspecified atom stereocenters. The van der Waals surface area contributed by atoms with Crippen LogP contribution in [0.5, 0.6) is 0 Å². The monoisotopic (exact) mass is 389 g/mol. The summed E-state index contributed by atoms with van der Waals surface area (Å²) in [5, 5.41) is 2.87. The number of sulfonamides is 1. The molecule has 0 aliphatic rings. The SMILES string of the molecule is CCC(N)(CC)CNS(=O)(=O)c1ccc(CCNC(=O)C(C)(C)C)s1. The van der Waals surface area contributed by atoms with E-state index in [2.05, 4.69) is 10.0 Å². The van der Waals surface area contributed by atoms with E-state index in [9.17, 15) is 13.2 Å². The molecular weight excluding hydrogens is 358 g/mol. The van der Waals surface area contributed by atoms with Gasteiger partial charge in [-0.3, -0.25) is 4.79 Å². The molecule has 0 saturated carbocycles. The van der Waals surface area contributed by atoms with Gasteiger partial charge in [-0.25, -0.2) is 13.1 Å². The first-order valence-corrected chi connectivity index (χ1v) is 10.9. The maximum absolute atomic E-state index is 12.4. The molecule has 144 valence electrons. The van der Waals surface area contributed by atoms with Gasteiger partial charge in [0.2, 0.25) is 15.9 Å². The summed E-state index contributed by atoms with van der Waals surface area (Å²) in [4.78, 5) is 12.7. The molecule has 25 heavy (non-hydrogen) atoms. The zero-order valence-corrected chi connectivity index (χ0v) is 17.4. The number of nitrogens with one attached hydrogen (secondary N) is 2. The summed E-state index contributed by atoms with van der Waals surface area (Å²) in [5.74, 6) is -0.0167. The van der Waals surface area contributed by atoms with Gasteiger partial charge in [-0.15, -0.1) is 11.3 Å². The lowest BCUT2D eigenvalue weighted by molar-refractivity contribution is -0.128. The molecule has 0 saturated heterocycles. The van der Waals surface area contributed by atoms with Crippen LogP contribution in [0.15, 0.2) is 16.3 Å². The van der Waals surface area contributed by atoms with Crippen LogP contribution in [-0.2, 0) is 21.2 Å². The fourth-order valence-electron chi connectivity index (χ4n) is 2.01. The quantitative estimate of drug-likeness (QED) is 0.603. The number of hydrogen-bond donors (Lipinski definition) is 3. The highest BCUT2D eigenvalue weighted by atomic mass is 32.2. The van der Waals surface area contributed by atoms with Crippen LogP contribution in [0.4, 0.5) is 0 Å². The third-order valence-electron chi connectivity index (χ3n) is 4.26. The molecule has 4 N–H and O–H groups in total. The van der Waals surface area contributed by atoms with Gasteiger partial charge in [-0.1, -0.05) is 34.6 Å². The van der Waals surface area contributed by atoms with Crippen molar-refractivity contribution in [1.29, 1.82) is 0 Å². The number of carbonyl (C=O) groups is 1. The molecule has 0 fully saturated rings. The van der Waals surface area contributed by atoms with E-state index in [4.69, 9.17) is 5.73 Å². The number of carbonyl (C=O) groups excluding carboxylic acids is 1. The molecule has 0 spiro atoms. The zero-order chi connectivity index (χ0) is 19.3. The third kappa shape index (κ3) is 6.69. The van der Waals surface area contributed by atoms with Gasteiger partial charge in [0.25, 0.3) is 0 Å². The first kappa shape index (κ1) is 22.1. The van der Waals surface area contributed by atoms with Crippen molar-refractivity contribution >= 4 is 27.3 Å². The molecular formula is C17H31N3O3S2. The summed E-state index contributed by atoms with van der Waals surface area (Å²) in [7, 11) is -3.56. The van der Waals surface area contributed by atoms with Crippen LogP contribution < -0.4 is 15.8 Å². The summed E-state index contributed by atoms with van der Waals surface area (Å²) in [6.45, 7) is 10.2. The normalized spacial score (nSPS) is 13.0. The van der Waals surface area contributed by atoms with Crippen molar-refractivity contribution in [3.63, 3.8) is 0 Å². The van der Waals surface area contributed by atoms with Crippen molar-refractivity contribution in [1.82, 2.24) is 10.0 Å². The topological polar surface area (TPSA) is 101 Å². The van der Waals surface area contributed by atoms with E-state index in [1.165, 1.54) is 11.3 Å². The lowest BCUT2D eigenvalue weighted by Crippen LogP contribution is -2.49. The van der Waals surface area contributed by atoms with Gasteiger partial charge in [0.1, 0.15) is 4.21 Å². The molecule has 0 radical (unpaired) electrons. The van der Waals surface area contributed by atoms with E-state index in [-0.39, 0.29) is 16.7 Å². The Bertz CT molecular complexity index is 672. The number of amides is 1. The lowest BCUT2D eigenvalue weighted by atomic mass is 9.95. The van der Waals surface area contributed by atoms with Crippen LogP contribution >= 0.6 is 11.3 Å². The molecule has 1 aromatic rings. The molecule has 1 rings (SSSR count). The summed E-state index contributed by atoms with van der Waals surface area (Å²) in [6, 6.07) is 3.39. The maximum Gasteiger partial charge on any atom is 0.250 e. The Morgan fingerprint density at radius 2 is 1.80 bits per heavy atom. The minimum absolute atomic E-state index is 0.0167. The zero-order valence-electron chi connectivity index (χ0n) is 15.8. The van der Waals surface area contributed by atoms with Gasteiger partial charge >= 0.3 is 0 Å². The molecule has 1 heterocycles. The minimum atomic E-state index is -3.56. The van der Waals surface area contributed by atoms with Crippen LogP contribution in [0.2, 0.25) is 0 Å². The van der Waals surface area contributed by atoms with Crippen LogP contribution in [0.3, 0.4) is 0 Å². The first-order valence-electron chi connectivity index (χ1n) is 8.59. The van der Waals surface area contributed by atoms with Gasteiger partial charge in [-0.05, 0) is 31.4 Å². The predicted molar refractivity (Wildman–Crippen MR) is 103 cm³/mol. The van der Waals surface area contributed by atoms with E-state index >= 15 is 0 Å². The molecule has 1 aromatic heterocycles. The second-order valence-electron chi connectivity index (χ2n) is 7.37. The van der Waals surface area contributed by atoms with Gasteiger partial charge in [0.15, 0.2) is 0 Å². The molecule has 6 nitrogen and oxygen atoms in total. The summed E-state index contributed by atoms with van der Waals surface area (Å²) in [6.07, 6.45) is 2.01. The Morgan fingerprint density at radius 3 is 2.32 bits per heavy atom. The van der Waals surface area contributed by atoms with E-state index in [0.717, 1.165) is 4.88 Å². The molecule has 0 atom stereocenters. The largest absolute Gasteiger partial charge is 0.355 e. The third-order valence-corrected chi connectivity index (χ3v) is 7.30. The lowest BCUT2D eigenvalue weighted by Gasteiger charge is -2.26. The Hall–Kier alpha value is -0.960. The Balaban J connectivity index is 2.63. The number of hydrogen-bond acceptors (Lipinski definition) is 5. The molecule has 1 amide bonds. The van der Waals surface area contributed by atoms with E-state index < -0.39 is 21.0 Å². The highest BCUT2D eigenvalue weighted by molar-refractivity contribution is 7.91. The van der Waals surface area contributed by atoms with Crippen molar-refractivity contribution in [2.45, 2.75) is 63.6 Å². The molecule has 0 aromatic carbocycles. The maximum atomic E-state index is 12.4. The fraction of sp³-hybridized carbons (Fsp3) is 0.706. The van der Waals surface area contributed by atoms with E-state index in [1.54, 1.807) is 12.1 Å². The fourth-order valence-corrected chi connectivity index (χ4v) is 4.55. The highest BCUT2D eigenvalue weighted by Crippen LogP contribution is 2.22. The van der Waals surface area contributed by atoms with Crippen molar-refractivity contribution in [2.75, 3.05) is 13.1 Å². The van der Waals surface area contributed by atoms with Gasteiger partial charge < -0.3 is 11.1 Å². The Kier molecular flexibility index (Phi) is 7.61. The molecule has 8 heteroatoms. The van der Waals surface area contributed by atoms with Crippen molar-refractivity contribution in [3.05, 3.63) is 17.0 Å². The highest BCUT2D eigenvalue weighted by Gasteiger charge is 2.25. The second kappa shape index (κ2) is 8.62. The van der Waals surface area contributed by atoms with E-state index in [1.807, 2.05) is 34.6 Å². The average Bonchev–Trinajstić information content (AvgIpc) is 3.01. The molecule has 0 bridgehead atoms. The van der Waals surface area contributed by atoms with Crippen LogP contribution in [-0.4, -0.2) is 33.0 Å². The smallest absolute Gasteiger partial charge is 0.250 e. The first-order chi connectivity index (χ1) is 11.4. The Morgan fingerprint density at radius 1 is 1.20 bits per heavy atom. The van der Waals surface area contributed by atoms with Crippen LogP contribution in [0.25, 0.3) is 0 Å². The standard InChI is InChI=1S/C17H31N3O3S2/c1-6-17(18,7-2)12-20-25(22,23)14-9-8-13(24-14)10-11-19-15(21)16(3,4)5/h8-9,20H,6-7,10-12,18H2,1-5H3,(H,19,21). The van der Waals surface area contributed by atoms with Crippen molar-refractivity contribution in [2.24, 2.45) is 11.1 Å². The Labute approximate surface area is 155 Å².